The van der Waals surface area contributed by atoms with Gasteiger partial charge in [0.15, 0.2) is 0 Å². The zero-order valence-corrected chi connectivity index (χ0v) is 21.9. The standard InChI is InChI=1S/C28H32Cl2N2O2/c1-28(2,3)32-16-17-14-22(29)26(15-25(17)33-5)34-24-13-12-19-18(8-6-9-20(19)24)21-10-7-11-23(31-4)27(21)30/h6-11,14-15,24,31-32H,12-13,16H2,1-5H3. The first-order valence-corrected chi connectivity index (χ1v) is 12.3. The molecule has 3 aromatic rings. The number of ether oxygens (including phenoxy) is 2. The molecule has 6 heteroatoms. The predicted octanol–water partition coefficient (Wildman–Crippen LogP) is 7.67. The Morgan fingerprint density at radius 3 is 2.44 bits per heavy atom. The van der Waals surface area contributed by atoms with Crippen molar-refractivity contribution in [1.82, 2.24) is 5.32 Å². The fraction of sp³-hybridized carbons (Fsp3) is 0.357. The molecule has 0 aromatic heterocycles. The van der Waals surface area contributed by atoms with Gasteiger partial charge in [-0.1, -0.05) is 53.5 Å². The van der Waals surface area contributed by atoms with Crippen molar-refractivity contribution in [1.29, 1.82) is 0 Å². The number of anilines is 1. The average Bonchev–Trinajstić information content (AvgIpc) is 3.22. The number of nitrogens with one attached hydrogen (secondary N) is 2. The average molecular weight is 499 g/mol. The molecule has 0 amide bonds. The summed E-state index contributed by atoms with van der Waals surface area (Å²) in [7, 11) is 3.56. The van der Waals surface area contributed by atoms with Crippen molar-refractivity contribution in [2.45, 2.75) is 51.8 Å². The fourth-order valence-electron chi connectivity index (χ4n) is 4.43. The van der Waals surface area contributed by atoms with Crippen LogP contribution in [0.4, 0.5) is 5.69 Å². The number of methoxy groups -OCH3 is 1. The van der Waals surface area contributed by atoms with Gasteiger partial charge in [0, 0.05) is 36.3 Å². The summed E-state index contributed by atoms with van der Waals surface area (Å²) in [6.45, 7) is 7.06. The second kappa shape index (κ2) is 10.1. The minimum atomic E-state index is -0.0815. The molecule has 0 spiro atoms. The summed E-state index contributed by atoms with van der Waals surface area (Å²) < 4.78 is 12.1. The highest BCUT2D eigenvalue weighted by atomic mass is 35.5. The number of rotatable bonds is 7. The molecule has 0 fully saturated rings. The Hall–Kier alpha value is -2.40. The van der Waals surface area contributed by atoms with E-state index in [9.17, 15) is 0 Å². The minimum Gasteiger partial charge on any atom is -0.496 e. The van der Waals surface area contributed by atoms with Crippen LogP contribution in [-0.4, -0.2) is 19.7 Å². The van der Waals surface area contributed by atoms with E-state index in [2.05, 4.69) is 55.7 Å². The number of halogens is 2. The van der Waals surface area contributed by atoms with Crippen LogP contribution in [-0.2, 0) is 13.0 Å². The van der Waals surface area contributed by atoms with E-state index >= 15 is 0 Å². The number of hydrogen-bond acceptors (Lipinski definition) is 4. The summed E-state index contributed by atoms with van der Waals surface area (Å²) >= 11 is 13.4. The SMILES string of the molecule is CNc1cccc(-c2cccc3c2CCC3Oc2cc(OC)c(CNC(C)(C)C)cc2Cl)c1Cl. The van der Waals surface area contributed by atoms with Gasteiger partial charge in [0.1, 0.15) is 17.6 Å². The van der Waals surface area contributed by atoms with Crippen molar-refractivity contribution < 1.29 is 9.47 Å². The van der Waals surface area contributed by atoms with E-state index in [1.807, 2.05) is 31.3 Å². The van der Waals surface area contributed by atoms with Gasteiger partial charge < -0.3 is 20.1 Å². The lowest BCUT2D eigenvalue weighted by atomic mass is 9.96. The molecular formula is C28H32Cl2N2O2. The van der Waals surface area contributed by atoms with Crippen LogP contribution >= 0.6 is 23.2 Å². The molecule has 0 bridgehead atoms. The fourth-order valence-corrected chi connectivity index (χ4v) is 4.99. The van der Waals surface area contributed by atoms with Crippen LogP contribution in [0.15, 0.2) is 48.5 Å². The van der Waals surface area contributed by atoms with Crippen LogP contribution in [0.1, 0.15) is 50.0 Å². The molecule has 2 N–H and O–H groups in total. The van der Waals surface area contributed by atoms with E-state index in [0.29, 0.717) is 17.3 Å². The summed E-state index contributed by atoms with van der Waals surface area (Å²) in [5.74, 6) is 1.40. The molecule has 0 saturated heterocycles. The number of fused-ring (bicyclic) bond motifs is 1. The van der Waals surface area contributed by atoms with Gasteiger partial charge in [-0.3, -0.25) is 0 Å². The van der Waals surface area contributed by atoms with Crippen molar-refractivity contribution in [2.24, 2.45) is 0 Å². The molecule has 0 radical (unpaired) electrons. The molecular weight excluding hydrogens is 467 g/mol. The second-order valence-electron chi connectivity index (χ2n) is 9.63. The van der Waals surface area contributed by atoms with Crippen molar-refractivity contribution in [3.8, 4) is 22.6 Å². The third-order valence-electron chi connectivity index (χ3n) is 6.19. The van der Waals surface area contributed by atoms with Crippen LogP contribution < -0.4 is 20.1 Å². The summed E-state index contributed by atoms with van der Waals surface area (Å²) in [5.41, 5.74) is 6.55. The molecule has 1 aliphatic carbocycles. The van der Waals surface area contributed by atoms with Gasteiger partial charge in [0.2, 0.25) is 0 Å². The Morgan fingerprint density at radius 2 is 1.74 bits per heavy atom. The smallest absolute Gasteiger partial charge is 0.142 e. The lowest BCUT2D eigenvalue weighted by Gasteiger charge is -2.22. The highest BCUT2D eigenvalue weighted by molar-refractivity contribution is 6.36. The Balaban J connectivity index is 1.62. The topological polar surface area (TPSA) is 42.5 Å². The number of hydrogen-bond donors (Lipinski definition) is 2. The monoisotopic (exact) mass is 498 g/mol. The van der Waals surface area contributed by atoms with Gasteiger partial charge in [0.05, 0.1) is 22.8 Å². The first-order valence-electron chi connectivity index (χ1n) is 11.6. The van der Waals surface area contributed by atoms with Crippen molar-refractivity contribution in [3.05, 3.63) is 75.3 Å². The normalized spacial score (nSPS) is 15.2. The molecule has 0 aliphatic heterocycles. The van der Waals surface area contributed by atoms with E-state index in [4.69, 9.17) is 32.7 Å². The highest BCUT2D eigenvalue weighted by Crippen LogP contribution is 2.44. The summed E-state index contributed by atoms with van der Waals surface area (Å²) in [6, 6.07) is 16.3. The largest absolute Gasteiger partial charge is 0.496 e. The maximum Gasteiger partial charge on any atom is 0.142 e. The molecule has 0 heterocycles. The van der Waals surface area contributed by atoms with Gasteiger partial charge in [-0.15, -0.1) is 0 Å². The molecule has 4 rings (SSSR count). The van der Waals surface area contributed by atoms with Crippen molar-refractivity contribution in [2.75, 3.05) is 19.5 Å². The number of benzene rings is 3. The van der Waals surface area contributed by atoms with Crippen LogP contribution in [0, 0.1) is 0 Å². The van der Waals surface area contributed by atoms with Gasteiger partial charge in [-0.2, -0.15) is 0 Å². The molecule has 180 valence electrons. The second-order valence-corrected chi connectivity index (χ2v) is 10.4. The summed E-state index contributed by atoms with van der Waals surface area (Å²) in [4.78, 5) is 0. The molecule has 4 nitrogen and oxygen atoms in total. The van der Waals surface area contributed by atoms with E-state index in [1.54, 1.807) is 7.11 Å². The zero-order chi connectivity index (χ0) is 24.5. The van der Waals surface area contributed by atoms with E-state index in [-0.39, 0.29) is 11.6 Å². The Morgan fingerprint density at radius 1 is 1.00 bits per heavy atom. The van der Waals surface area contributed by atoms with Gasteiger partial charge >= 0.3 is 0 Å². The Bertz CT molecular complexity index is 1190. The summed E-state index contributed by atoms with van der Waals surface area (Å²) in [5, 5.41) is 7.97. The van der Waals surface area contributed by atoms with Gasteiger partial charge in [-0.25, -0.2) is 0 Å². The highest BCUT2D eigenvalue weighted by Gasteiger charge is 2.28. The molecule has 0 saturated carbocycles. The lowest BCUT2D eigenvalue weighted by molar-refractivity contribution is 0.207. The van der Waals surface area contributed by atoms with Crippen LogP contribution in [0.2, 0.25) is 10.0 Å². The maximum atomic E-state index is 6.70. The van der Waals surface area contributed by atoms with Gasteiger partial charge in [-0.05, 0) is 62.4 Å². The van der Waals surface area contributed by atoms with Crippen LogP contribution in [0.5, 0.6) is 11.5 Å². The predicted molar refractivity (Wildman–Crippen MR) is 143 cm³/mol. The molecule has 3 aromatic carbocycles. The first kappa shape index (κ1) is 24.7. The first-order chi connectivity index (χ1) is 16.2. The zero-order valence-electron chi connectivity index (χ0n) is 20.4. The molecule has 1 atom stereocenters. The molecule has 1 aliphatic rings. The maximum absolute atomic E-state index is 6.70. The van der Waals surface area contributed by atoms with Crippen LogP contribution in [0.3, 0.4) is 0 Å². The third-order valence-corrected chi connectivity index (χ3v) is 6.89. The van der Waals surface area contributed by atoms with Crippen molar-refractivity contribution in [3.63, 3.8) is 0 Å². The Kier molecular flexibility index (Phi) is 7.32. The van der Waals surface area contributed by atoms with Crippen LogP contribution in [0.25, 0.3) is 11.1 Å². The minimum absolute atomic E-state index is 0.00642. The quantitative estimate of drug-likeness (QED) is 0.350. The molecule has 34 heavy (non-hydrogen) atoms. The third kappa shape index (κ3) is 5.14. The summed E-state index contributed by atoms with van der Waals surface area (Å²) in [6.07, 6.45) is 1.71. The van der Waals surface area contributed by atoms with Gasteiger partial charge in [0.25, 0.3) is 0 Å². The van der Waals surface area contributed by atoms with Crippen molar-refractivity contribution >= 4 is 28.9 Å². The molecule has 1 unspecified atom stereocenters. The van der Waals surface area contributed by atoms with E-state index in [0.717, 1.165) is 46.0 Å². The van der Waals surface area contributed by atoms with E-state index < -0.39 is 0 Å². The lowest BCUT2D eigenvalue weighted by Crippen LogP contribution is -2.35. The van der Waals surface area contributed by atoms with E-state index in [1.165, 1.54) is 11.1 Å². The Labute approximate surface area is 212 Å².